The largest absolute Gasteiger partial charge is 0.458 e. The van der Waals surface area contributed by atoms with Crippen LogP contribution in [0.4, 0.5) is 0 Å². The van der Waals surface area contributed by atoms with Crippen LogP contribution in [-0.2, 0) is 19.1 Å². The summed E-state index contributed by atoms with van der Waals surface area (Å²) in [5.74, 6) is -0.301. The summed E-state index contributed by atoms with van der Waals surface area (Å²) in [6, 6.07) is 2.20. The number of nitrogens with zero attached hydrogens (tertiary/aromatic N) is 1. The van der Waals surface area contributed by atoms with Crippen LogP contribution in [0.2, 0.25) is 0 Å². The van der Waals surface area contributed by atoms with Crippen LogP contribution in [0.5, 0.6) is 0 Å². The average molecular weight is 361 g/mol. The monoisotopic (exact) mass is 361 g/mol. The molecule has 2 bridgehead atoms. The summed E-state index contributed by atoms with van der Waals surface area (Å²) in [5.41, 5.74) is -1.55. The van der Waals surface area contributed by atoms with Gasteiger partial charge in [-0.3, -0.25) is 9.59 Å². The summed E-state index contributed by atoms with van der Waals surface area (Å²) in [5, 5.41) is 9.50. The first-order valence-electron chi connectivity index (χ1n) is 9.75. The second-order valence-corrected chi connectivity index (χ2v) is 10.5. The summed E-state index contributed by atoms with van der Waals surface area (Å²) in [6.45, 7) is 12.6. The highest BCUT2D eigenvalue weighted by Crippen LogP contribution is 2.62. The Labute approximate surface area is 156 Å². The lowest BCUT2D eigenvalue weighted by molar-refractivity contribution is -0.173. The Morgan fingerprint density at radius 1 is 1.38 bits per heavy atom. The molecule has 6 unspecified atom stereocenters. The number of nitriles is 1. The minimum Gasteiger partial charge on any atom is -0.458 e. The molecule has 2 aliphatic carbocycles. The van der Waals surface area contributed by atoms with Crippen LogP contribution in [-0.4, -0.2) is 24.1 Å². The van der Waals surface area contributed by atoms with Crippen molar-refractivity contribution >= 4 is 11.9 Å². The lowest BCUT2D eigenvalue weighted by Gasteiger charge is -2.37. The molecule has 0 aromatic rings. The molecule has 6 atom stereocenters. The molecule has 3 rings (SSSR count). The van der Waals surface area contributed by atoms with Crippen LogP contribution < -0.4 is 0 Å². The van der Waals surface area contributed by atoms with Crippen LogP contribution in [0.1, 0.15) is 67.2 Å². The maximum atomic E-state index is 13.2. The standard InChI is InChI=1S/C21H31NO4/c1-12(2)8-20(6,10-19(3,4)5)17(23)25-15-13-7-14-16(15)26-18(24)21(14,9-13)11-22/h12-16H,7-10H2,1-6H3. The van der Waals surface area contributed by atoms with Gasteiger partial charge in [-0.1, -0.05) is 34.6 Å². The molecule has 5 heteroatoms. The van der Waals surface area contributed by atoms with E-state index in [0.717, 1.165) is 19.3 Å². The molecule has 0 spiro atoms. The number of hydrogen-bond acceptors (Lipinski definition) is 5. The summed E-state index contributed by atoms with van der Waals surface area (Å²) in [6.07, 6.45) is 1.86. The Kier molecular flexibility index (Phi) is 4.41. The molecule has 1 heterocycles. The van der Waals surface area contributed by atoms with Gasteiger partial charge in [-0.15, -0.1) is 0 Å². The molecule has 0 amide bonds. The van der Waals surface area contributed by atoms with Crippen molar-refractivity contribution in [3.63, 3.8) is 0 Å². The summed E-state index contributed by atoms with van der Waals surface area (Å²) < 4.78 is 11.5. The number of hydrogen-bond donors (Lipinski definition) is 0. The van der Waals surface area contributed by atoms with Crippen LogP contribution in [0.25, 0.3) is 0 Å². The second kappa shape index (κ2) is 5.97. The molecule has 1 aliphatic heterocycles. The maximum Gasteiger partial charge on any atom is 0.327 e. The zero-order valence-electron chi connectivity index (χ0n) is 16.8. The van der Waals surface area contributed by atoms with Gasteiger partial charge in [-0.05, 0) is 43.9 Å². The fraction of sp³-hybridized carbons (Fsp3) is 0.857. The van der Waals surface area contributed by atoms with E-state index in [4.69, 9.17) is 9.47 Å². The molecule has 0 N–H and O–H groups in total. The number of esters is 2. The fourth-order valence-electron chi connectivity index (χ4n) is 5.85. The third-order valence-corrected chi connectivity index (χ3v) is 6.28. The highest BCUT2D eigenvalue weighted by Gasteiger charge is 2.72. The van der Waals surface area contributed by atoms with Crippen molar-refractivity contribution in [1.29, 1.82) is 5.26 Å². The maximum absolute atomic E-state index is 13.2. The van der Waals surface area contributed by atoms with Crippen LogP contribution in [0, 0.1) is 45.3 Å². The van der Waals surface area contributed by atoms with Crippen molar-refractivity contribution in [1.82, 2.24) is 0 Å². The van der Waals surface area contributed by atoms with Gasteiger partial charge in [0.05, 0.1) is 11.5 Å². The van der Waals surface area contributed by atoms with Gasteiger partial charge in [0, 0.05) is 11.8 Å². The van der Waals surface area contributed by atoms with Gasteiger partial charge < -0.3 is 9.47 Å². The first-order valence-corrected chi connectivity index (χ1v) is 9.75. The number of fused-ring (bicyclic) bond motifs is 1. The third kappa shape index (κ3) is 2.92. The van der Waals surface area contributed by atoms with Crippen molar-refractivity contribution < 1.29 is 19.1 Å². The van der Waals surface area contributed by atoms with E-state index in [1.54, 1.807) is 0 Å². The SMILES string of the molecule is CC(C)CC(C)(CC(C)(C)C)C(=O)OC1C2CC3C1OC(=O)C3(C#N)C2. The summed E-state index contributed by atoms with van der Waals surface area (Å²) in [4.78, 5) is 25.4. The van der Waals surface area contributed by atoms with Gasteiger partial charge in [0.1, 0.15) is 12.2 Å². The Morgan fingerprint density at radius 3 is 2.58 bits per heavy atom. The molecular formula is C21H31NO4. The van der Waals surface area contributed by atoms with Gasteiger partial charge in [-0.25, -0.2) is 0 Å². The highest BCUT2D eigenvalue weighted by atomic mass is 16.6. The molecule has 144 valence electrons. The number of rotatable bonds is 5. The lowest BCUT2D eigenvalue weighted by atomic mass is 9.70. The van der Waals surface area contributed by atoms with E-state index >= 15 is 0 Å². The summed E-state index contributed by atoms with van der Waals surface area (Å²) in [7, 11) is 0. The Balaban J connectivity index is 1.78. The molecule has 1 saturated heterocycles. The molecule has 5 nitrogen and oxygen atoms in total. The van der Waals surface area contributed by atoms with E-state index in [0.29, 0.717) is 12.3 Å². The average Bonchev–Trinajstić information content (AvgIpc) is 3.06. The van der Waals surface area contributed by atoms with E-state index < -0.39 is 29.0 Å². The highest BCUT2D eigenvalue weighted by molar-refractivity contribution is 5.84. The van der Waals surface area contributed by atoms with E-state index in [-0.39, 0.29) is 23.2 Å². The Hall–Kier alpha value is -1.57. The van der Waals surface area contributed by atoms with Crippen molar-refractivity contribution in [2.24, 2.45) is 34.0 Å². The van der Waals surface area contributed by atoms with E-state index in [1.165, 1.54) is 0 Å². The Morgan fingerprint density at radius 2 is 2.04 bits per heavy atom. The number of carbonyl (C=O) groups excluding carboxylic acids is 2. The van der Waals surface area contributed by atoms with Gasteiger partial charge >= 0.3 is 11.9 Å². The van der Waals surface area contributed by atoms with Crippen molar-refractivity contribution in [3.8, 4) is 6.07 Å². The quantitative estimate of drug-likeness (QED) is 0.695. The van der Waals surface area contributed by atoms with Gasteiger partial charge in [0.25, 0.3) is 0 Å². The first kappa shape index (κ1) is 19.2. The van der Waals surface area contributed by atoms with E-state index in [1.807, 2.05) is 6.92 Å². The lowest BCUT2D eigenvalue weighted by Crippen LogP contribution is -2.44. The molecule has 3 aliphatic rings. The van der Waals surface area contributed by atoms with Gasteiger partial charge in [0.2, 0.25) is 0 Å². The molecule has 2 saturated carbocycles. The molecule has 3 fully saturated rings. The third-order valence-electron chi connectivity index (χ3n) is 6.28. The predicted molar refractivity (Wildman–Crippen MR) is 95.7 cm³/mol. The second-order valence-electron chi connectivity index (χ2n) is 10.5. The number of carbonyl (C=O) groups is 2. The van der Waals surface area contributed by atoms with Crippen molar-refractivity contribution in [2.75, 3.05) is 0 Å². The predicted octanol–water partition coefficient (Wildman–Crippen LogP) is 3.86. The first-order chi connectivity index (χ1) is 11.9. The van der Waals surface area contributed by atoms with Crippen molar-refractivity contribution in [3.05, 3.63) is 0 Å². The molecule has 0 radical (unpaired) electrons. The summed E-state index contributed by atoms with van der Waals surface area (Å²) >= 11 is 0. The molecule has 0 aromatic carbocycles. The fourth-order valence-corrected chi connectivity index (χ4v) is 5.85. The molecule has 26 heavy (non-hydrogen) atoms. The zero-order chi connectivity index (χ0) is 19.5. The smallest absolute Gasteiger partial charge is 0.327 e. The normalized spacial score (nSPS) is 37.4. The number of ether oxygens (including phenoxy) is 2. The molecular weight excluding hydrogens is 330 g/mol. The molecule has 0 aromatic heterocycles. The minimum atomic E-state index is -0.995. The van der Waals surface area contributed by atoms with E-state index in [9.17, 15) is 14.9 Å². The van der Waals surface area contributed by atoms with E-state index in [2.05, 4.69) is 40.7 Å². The van der Waals surface area contributed by atoms with Crippen molar-refractivity contribution in [2.45, 2.75) is 79.4 Å². The Bertz CT molecular complexity index is 658. The van der Waals surface area contributed by atoms with Gasteiger partial charge in [0.15, 0.2) is 5.41 Å². The topological polar surface area (TPSA) is 76.4 Å². The van der Waals surface area contributed by atoms with Gasteiger partial charge in [-0.2, -0.15) is 5.26 Å². The zero-order valence-corrected chi connectivity index (χ0v) is 16.8. The van der Waals surface area contributed by atoms with Crippen LogP contribution in [0.15, 0.2) is 0 Å². The van der Waals surface area contributed by atoms with Crippen LogP contribution >= 0.6 is 0 Å². The van der Waals surface area contributed by atoms with Crippen LogP contribution in [0.3, 0.4) is 0 Å². The minimum absolute atomic E-state index is 0.00707.